The van der Waals surface area contributed by atoms with E-state index in [1.807, 2.05) is 25.1 Å². The minimum absolute atomic E-state index is 0. The van der Waals surface area contributed by atoms with Crippen molar-refractivity contribution in [2.24, 2.45) is 4.99 Å². The minimum atomic E-state index is 0. The lowest BCUT2D eigenvalue weighted by atomic mass is 10.1. The van der Waals surface area contributed by atoms with Crippen molar-refractivity contribution in [2.75, 3.05) is 20.2 Å². The number of H-pyrrole nitrogens is 1. The van der Waals surface area contributed by atoms with Gasteiger partial charge in [0.05, 0.1) is 13.7 Å². The smallest absolute Gasteiger partial charge is 0.191 e. The molecule has 3 rings (SSSR count). The van der Waals surface area contributed by atoms with Gasteiger partial charge in [-0.3, -0.25) is 0 Å². The summed E-state index contributed by atoms with van der Waals surface area (Å²) in [5.74, 6) is 1.32. The Labute approximate surface area is 182 Å². The summed E-state index contributed by atoms with van der Waals surface area (Å²) < 4.78 is 5.15. The topological polar surface area (TPSA) is 81.7 Å². The molecule has 0 aliphatic carbocycles. The zero-order valence-corrected chi connectivity index (χ0v) is 18.5. The fraction of sp³-hybridized carbons (Fsp3) is 0.286. The Morgan fingerprint density at radius 3 is 2.71 bits per heavy atom. The van der Waals surface area contributed by atoms with Gasteiger partial charge in [-0.25, -0.2) is 4.99 Å². The molecule has 0 bridgehead atoms. The number of aromatic amines is 1. The van der Waals surface area contributed by atoms with Crippen LogP contribution in [0.1, 0.15) is 18.1 Å². The number of aliphatic imine (C=N–C) groups is 1. The number of phenols is 1. The molecule has 1 heterocycles. The number of nitrogens with zero attached hydrogens (tertiary/aromatic N) is 1. The Hall–Kier alpha value is -2.42. The van der Waals surface area contributed by atoms with E-state index in [4.69, 9.17) is 4.74 Å². The van der Waals surface area contributed by atoms with Crippen LogP contribution in [-0.4, -0.2) is 36.2 Å². The van der Waals surface area contributed by atoms with Crippen LogP contribution in [0.5, 0.6) is 11.5 Å². The molecule has 0 unspecified atom stereocenters. The van der Waals surface area contributed by atoms with E-state index >= 15 is 0 Å². The standard InChI is InChI=1S/C21H26N4O2.HI/c1-3-22-21(25-14-16-7-6-10-19(27-2)20(16)26)23-12-11-15-13-24-18-9-5-4-8-17(15)18;/h4-10,13,24,26H,3,11-12,14H2,1-2H3,(H2,22,23,25);1H. The van der Waals surface area contributed by atoms with E-state index in [-0.39, 0.29) is 29.7 Å². The lowest BCUT2D eigenvalue weighted by Crippen LogP contribution is -2.38. The van der Waals surface area contributed by atoms with Crippen LogP contribution in [0, 0.1) is 0 Å². The summed E-state index contributed by atoms with van der Waals surface area (Å²) in [5, 5.41) is 18.0. The van der Waals surface area contributed by atoms with Crippen molar-refractivity contribution in [2.45, 2.75) is 19.9 Å². The molecule has 0 saturated carbocycles. The number of guanidine groups is 1. The van der Waals surface area contributed by atoms with Gasteiger partial charge in [0.1, 0.15) is 0 Å². The van der Waals surface area contributed by atoms with Gasteiger partial charge >= 0.3 is 0 Å². The van der Waals surface area contributed by atoms with Crippen molar-refractivity contribution < 1.29 is 9.84 Å². The van der Waals surface area contributed by atoms with Gasteiger partial charge in [-0.05, 0) is 31.0 Å². The summed E-state index contributed by atoms with van der Waals surface area (Å²) in [7, 11) is 1.54. The van der Waals surface area contributed by atoms with Crippen LogP contribution < -0.4 is 15.4 Å². The highest BCUT2D eigenvalue weighted by Crippen LogP contribution is 2.29. The van der Waals surface area contributed by atoms with Crippen LogP contribution in [0.3, 0.4) is 0 Å². The number of halogens is 1. The van der Waals surface area contributed by atoms with Crippen molar-refractivity contribution in [3.05, 3.63) is 59.8 Å². The first-order chi connectivity index (χ1) is 13.2. The highest BCUT2D eigenvalue weighted by molar-refractivity contribution is 14.0. The van der Waals surface area contributed by atoms with Gasteiger partial charge in [0.25, 0.3) is 0 Å². The molecule has 0 fully saturated rings. The maximum Gasteiger partial charge on any atom is 0.191 e. The van der Waals surface area contributed by atoms with Gasteiger partial charge in [0.2, 0.25) is 0 Å². The fourth-order valence-corrected chi connectivity index (χ4v) is 3.02. The van der Waals surface area contributed by atoms with E-state index in [9.17, 15) is 5.11 Å². The van der Waals surface area contributed by atoms with Gasteiger partial charge in [0.15, 0.2) is 17.5 Å². The monoisotopic (exact) mass is 494 g/mol. The summed E-state index contributed by atoms with van der Waals surface area (Å²) in [5.41, 5.74) is 3.16. The van der Waals surface area contributed by atoms with Crippen LogP contribution in [0.15, 0.2) is 53.7 Å². The normalized spacial score (nSPS) is 11.1. The summed E-state index contributed by atoms with van der Waals surface area (Å²) in [6, 6.07) is 13.7. The Kier molecular flexibility index (Phi) is 8.43. The second-order valence-corrected chi connectivity index (χ2v) is 6.20. The summed E-state index contributed by atoms with van der Waals surface area (Å²) >= 11 is 0. The van der Waals surface area contributed by atoms with Crippen molar-refractivity contribution >= 4 is 40.8 Å². The maximum atomic E-state index is 10.2. The van der Waals surface area contributed by atoms with E-state index < -0.39 is 0 Å². The number of nitrogens with one attached hydrogen (secondary N) is 3. The number of methoxy groups -OCH3 is 1. The lowest BCUT2D eigenvalue weighted by molar-refractivity contribution is 0.370. The van der Waals surface area contributed by atoms with Crippen LogP contribution in [0.2, 0.25) is 0 Å². The Morgan fingerprint density at radius 2 is 1.93 bits per heavy atom. The molecule has 2 aromatic carbocycles. The number of fused-ring (bicyclic) bond motifs is 1. The molecule has 0 saturated heterocycles. The molecule has 150 valence electrons. The predicted octanol–water partition coefficient (Wildman–Crippen LogP) is 3.80. The summed E-state index contributed by atoms with van der Waals surface area (Å²) in [4.78, 5) is 7.87. The molecule has 3 aromatic rings. The third kappa shape index (κ3) is 5.31. The van der Waals surface area contributed by atoms with Crippen molar-refractivity contribution in [3.8, 4) is 11.5 Å². The van der Waals surface area contributed by atoms with E-state index in [1.54, 1.807) is 13.2 Å². The van der Waals surface area contributed by atoms with Crippen LogP contribution in [0.25, 0.3) is 10.9 Å². The molecule has 7 heteroatoms. The van der Waals surface area contributed by atoms with Crippen LogP contribution in [-0.2, 0) is 13.0 Å². The molecule has 0 aliphatic rings. The third-order valence-electron chi connectivity index (χ3n) is 4.42. The average Bonchev–Trinajstić information content (AvgIpc) is 3.10. The quantitative estimate of drug-likeness (QED) is 0.229. The number of aromatic hydroxyl groups is 1. The fourth-order valence-electron chi connectivity index (χ4n) is 3.02. The number of hydrogen-bond acceptors (Lipinski definition) is 3. The Morgan fingerprint density at radius 1 is 1.11 bits per heavy atom. The minimum Gasteiger partial charge on any atom is -0.504 e. The van der Waals surface area contributed by atoms with E-state index in [0.29, 0.717) is 12.3 Å². The first-order valence-corrected chi connectivity index (χ1v) is 9.15. The number of rotatable bonds is 7. The molecule has 0 aliphatic heterocycles. The van der Waals surface area contributed by atoms with E-state index in [2.05, 4.69) is 45.0 Å². The van der Waals surface area contributed by atoms with Gasteiger partial charge in [-0.2, -0.15) is 0 Å². The van der Waals surface area contributed by atoms with Gasteiger partial charge in [-0.15, -0.1) is 24.0 Å². The number of aromatic nitrogens is 1. The predicted molar refractivity (Wildman–Crippen MR) is 125 cm³/mol. The first-order valence-electron chi connectivity index (χ1n) is 9.15. The molecular weight excluding hydrogens is 467 g/mol. The zero-order valence-electron chi connectivity index (χ0n) is 16.2. The van der Waals surface area contributed by atoms with Crippen molar-refractivity contribution in [1.82, 2.24) is 15.6 Å². The van der Waals surface area contributed by atoms with Gasteiger partial charge in [-0.1, -0.05) is 30.3 Å². The highest BCUT2D eigenvalue weighted by Gasteiger charge is 2.07. The van der Waals surface area contributed by atoms with Crippen LogP contribution >= 0.6 is 24.0 Å². The highest BCUT2D eigenvalue weighted by atomic mass is 127. The summed E-state index contributed by atoms with van der Waals surface area (Å²) in [6.45, 7) is 3.92. The van der Waals surface area contributed by atoms with Gasteiger partial charge < -0.3 is 25.5 Å². The Balaban J connectivity index is 0.00000280. The van der Waals surface area contributed by atoms with Crippen LogP contribution in [0.4, 0.5) is 0 Å². The number of hydrogen-bond donors (Lipinski definition) is 4. The second kappa shape index (κ2) is 10.8. The molecule has 0 spiro atoms. The van der Waals surface area contributed by atoms with Crippen molar-refractivity contribution in [3.63, 3.8) is 0 Å². The van der Waals surface area contributed by atoms with E-state index in [0.717, 1.165) is 36.6 Å². The van der Waals surface area contributed by atoms with Crippen molar-refractivity contribution in [1.29, 1.82) is 0 Å². The third-order valence-corrected chi connectivity index (χ3v) is 4.42. The molecule has 0 radical (unpaired) electrons. The number of benzene rings is 2. The average molecular weight is 494 g/mol. The number of phenolic OH excluding ortho intramolecular Hbond substituents is 1. The molecular formula is C21H27IN4O2. The molecule has 0 atom stereocenters. The molecule has 1 aromatic heterocycles. The number of para-hydroxylation sites is 2. The summed E-state index contributed by atoms with van der Waals surface area (Å²) in [6.07, 6.45) is 2.95. The molecule has 0 amide bonds. The largest absolute Gasteiger partial charge is 0.504 e. The zero-order chi connectivity index (χ0) is 19.1. The molecule has 4 N–H and O–H groups in total. The lowest BCUT2D eigenvalue weighted by Gasteiger charge is -2.12. The van der Waals surface area contributed by atoms with Gasteiger partial charge in [0, 0.05) is 35.8 Å². The molecule has 6 nitrogen and oxygen atoms in total. The maximum absolute atomic E-state index is 10.2. The SMILES string of the molecule is CCNC(=NCc1cccc(OC)c1O)NCCc1c[nH]c2ccccc12.I. The Bertz CT molecular complexity index is 924. The number of ether oxygens (including phenoxy) is 1. The first kappa shape index (κ1) is 21.9. The second-order valence-electron chi connectivity index (χ2n) is 6.20. The van der Waals surface area contributed by atoms with E-state index in [1.165, 1.54) is 10.9 Å². The molecule has 28 heavy (non-hydrogen) atoms.